The van der Waals surface area contributed by atoms with Crippen LogP contribution in [0.25, 0.3) is 0 Å². The Morgan fingerprint density at radius 1 is 1.53 bits per heavy atom. The molecule has 1 aliphatic rings. The van der Waals surface area contributed by atoms with E-state index in [0.717, 1.165) is 11.6 Å². The maximum atomic E-state index is 11.7. The lowest BCUT2D eigenvalue weighted by atomic mass is 10.1. The highest BCUT2D eigenvalue weighted by atomic mass is 35.5. The number of nitrogens with one attached hydrogen (secondary N) is 1. The molecular formula is C11H18ClN3OS. The summed E-state index contributed by atoms with van der Waals surface area (Å²) in [5.41, 5.74) is 5.96. The molecule has 0 atom stereocenters. The standard InChI is InChI=1S/C11H17N3OS.ClH/c12-5-10-14-9(7-16-10)11(15)13-6-8-3-1-2-4-8;/h7-8H,1-6,12H2,(H,13,15);1H. The first kappa shape index (κ1) is 14.4. The molecule has 1 aromatic heterocycles. The molecule has 2 rings (SSSR count). The summed E-state index contributed by atoms with van der Waals surface area (Å²) in [5.74, 6) is 0.597. The zero-order chi connectivity index (χ0) is 11.4. The highest BCUT2D eigenvalue weighted by Crippen LogP contribution is 2.23. The van der Waals surface area contributed by atoms with Gasteiger partial charge in [0, 0.05) is 18.5 Å². The molecule has 1 aromatic rings. The molecular weight excluding hydrogens is 258 g/mol. The monoisotopic (exact) mass is 275 g/mol. The number of hydrogen-bond donors (Lipinski definition) is 2. The molecule has 1 aliphatic carbocycles. The lowest BCUT2D eigenvalue weighted by molar-refractivity contribution is 0.0943. The van der Waals surface area contributed by atoms with Gasteiger partial charge < -0.3 is 11.1 Å². The number of nitrogens with two attached hydrogens (primary N) is 1. The van der Waals surface area contributed by atoms with Crippen LogP contribution in [0.2, 0.25) is 0 Å². The van der Waals surface area contributed by atoms with Crippen LogP contribution in [0.5, 0.6) is 0 Å². The Morgan fingerprint density at radius 3 is 2.82 bits per heavy atom. The zero-order valence-electron chi connectivity index (χ0n) is 9.65. The third-order valence-corrected chi connectivity index (χ3v) is 3.86. The van der Waals surface area contributed by atoms with Gasteiger partial charge in [-0.2, -0.15) is 0 Å². The molecule has 0 radical (unpaired) electrons. The molecule has 6 heteroatoms. The number of nitrogens with zero attached hydrogens (tertiary/aromatic N) is 1. The second kappa shape index (κ2) is 6.93. The first-order valence-electron chi connectivity index (χ1n) is 5.72. The SMILES string of the molecule is Cl.NCc1nc(C(=O)NCC2CCCC2)cs1. The van der Waals surface area contributed by atoms with Gasteiger partial charge in [0.05, 0.1) is 0 Å². The Morgan fingerprint density at radius 2 is 2.24 bits per heavy atom. The number of hydrogen-bond acceptors (Lipinski definition) is 4. The predicted octanol–water partition coefficient (Wildman–Crippen LogP) is 1.94. The van der Waals surface area contributed by atoms with Crippen molar-refractivity contribution in [2.75, 3.05) is 6.54 Å². The van der Waals surface area contributed by atoms with Crippen molar-refractivity contribution >= 4 is 29.7 Å². The number of aromatic nitrogens is 1. The van der Waals surface area contributed by atoms with Crippen molar-refractivity contribution in [2.24, 2.45) is 11.7 Å². The van der Waals surface area contributed by atoms with Crippen LogP contribution in [0.15, 0.2) is 5.38 Å². The summed E-state index contributed by atoms with van der Waals surface area (Å²) < 4.78 is 0. The molecule has 0 aliphatic heterocycles. The quantitative estimate of drug-likeness (QED) is 0.882. The minimum absolute atomic E-state index is 0. The van der Waals surface area contributed by atoms with Gasteiger partial charge in [0.2, 0.25) is 0 Å². The largest absolute Gasteiger partial charge is 0.350 e. The molecule has 0 bridgehead atoms. The van der Waals surface area contributed by atoms with Crippen LogP contribution < -0.4 is 11.1 Å². The number of halogens is 1. The van der Waals surface area contributed by atoms with Gasteiger partial charge in [-0.3, -0.25) is 4.79 Å². The average molecular weight is 276 g/mol. The molecule has 17 heavy (non-hydrogen) atoms. The first-order chi connectivity index (χ1) is 7.79. The van der Waals surface area contributed by atoms with Crippen LogP contribution in [0.3, 0.4) is 0 Å². The van der Waals surface area contributed by atoms with Gasteiger partial charge in [-0.05, 0) is 18.8 Å². The number of amides is 1. The topological polar surface area (TPSA) is 68.0 Å². The van der Waals surface area contributed by atoms with Crippen molar-refractivity contribution in [3.8, 4) is 0 Å². The van der Waals surface area contributed by atoms with E-state index in [4.69, 9.17) is 5.73 Å². The first-order valence-corrected chi connectivity index (χ1v) is 6.60. The number of carbonyl (C=O) groups is 1. The molecule has 0 unspecified atom stereocenters. The van der Waals surface area contributed by atoms with Gasteiger partial charge in [0.15, 0.2) is 0 Å². The number of carbonyl (C=O) groups excluding carboxylic acids is 1. The normalized spacial score (nSPS) is 15.6. The molecule has 0 saturated heterocycles. The molecule has 96 valence electrons. The molecule has 1 amide bonds. The lowest BCUT2D eigenvalue weighted by Gasteiger charge is -2.09. The molecule has 1 saturated carbocycles. The minimum atomic E-state index is -0.0668. The number of thiazole rings is 1. The number of rotatable bonds is 4. The van der Waals surface area contributed by atoms with Crippen LogP contribution in [-0.4, -0.2) is 17.4 Å². The molecule has 0 spiro atoms. The van der Waals surface area contributed by atoms with Gasteiger partial charge in [-0.25, -0.2) is 4.98 Å². The van der Waals surface area contributed by atoms with Crippen LogP contribution in [-0.2, 0) is 6.54 Å². The van der Waals surface area contributed by atoms with Crippen molar-refractivity contribution in [3.63, 3.8) is 0 Å². The fourth-order valence-electron chi connectivity index (χ4n) is 2.05. The highest BCUT2D eigenvalue weighted by molar-refractivity contribution is 7.09. The predicted molar refractivity (Wildman–Crippen MR) is 71.5 cm³/mol. The summed E-state index contributed by atoms with van der Waals surface area (Å²) in [6, 6.07) is 0. The molecule has 4 nitrogen and oxygen atoms in total. The van der Waals surface area contributed by atoms with E-state index >= 15 is 0 Å². The van der Waals surface area contributed by atoms with Crippen molar-refractivity contribution in [1.29, 1.82) is 0 Å². The third kappa shape index (κ3) is 3.94. The summed E-state index contributed by atoms with van der Waals surface area (Å²) in [6.45, 7) is 1.19. The maximum absolute atomic E-state index is 11.7. The van der Waals surface area contributed by atoms with Crippen LogP contribution >= 0.6 is 23.7 Å². The van der Waals surface area contributed by atoms with Crippen molar-refractivity contribution in [3.05, 3.63) is 16.1 Å². The van der Waals surface area contributed by atoms with E-state index in [2.05, 4.69) is 10.3 Å². The van der Waals surface area contributed by atoms with Crippen LogP contribution in [0, 0.1) is 5.92 Å². The summed E-state index contributed by atoms with van der Waals surface area (Å²) in [6.07, 6.45) is 5.08. The van der Waals surface area contributed by atoms with Crippen molar-refractivity contribution in [1.82, 2.24) is 10.3 Å². The zero-order valence-corrected chi connectivity index (χ0v) is 11.3. The lowest BCUT2D eigenvalue weighted by Crippen LogP contribution is -2.28. The van der Waals surface area contributed by atoms with Gasteiger partial charge >= 0.3 is 0 Å². The summed E-state index contributed by atoms with van der Waals surface area (Å²) in [4.78, 5) is 15.9. The van der Waals surface area contributed by atoms with E-state index in [9.17, 15) is 4.79 Å². The van der Waals surface area contributed by atoms with Gasteiger partial charge in [-0.1, -0.05) is 12.8 Å². The second-order valence-corrected chi connectivity index (χ2v) is 5.13. The Bertz CT molecular complexity index is 363. The summed E-state index contributed by atoms with van der Waals surface area (Å²) in [5, 5.41) is 5.52. The van der Waals surface area contributed by atoms with Gasteiger partial charge in [0.1, 0.15) is 10.7 Å². The van der Waals surface area contributed by atoms with Crippen LogP contribution in [0.4, 0.5) is 0 Å². The molecule has 1 heterocycles. The van der Waals surface area contributed by atoms with E-state index in [1.807, 2.05) is 0 Å². The Hall–Kier alpha value is -0.650. The van der Waals surface area contributed by atoms with Crippen molar-refractivity contribution in [2.45, 2.75) is 32.2 Å². The highest BCUT2D eigenvalue weighted by Gasteiger charge is 2.17. The fourth-order valence-corrected chi connectivity index (χ4v) is 2.71. The van der Waals surface area contributed by atoms with E-state index in [0.29, 0.717) is 18.2 Å². The van der Waals surface area contributed by atoms with Crippen LogP contribution in [0.1, 0.15) is 41.2 Å². The summed E-state index contributed by atoms with van der Waals surface area (Å²) >= 11 is 1.44. The third-order valence-electron chi connectivity index (χ3n) is 2.99. The fraction of sp³-hybridized carbons (Fsp3) is 0.636. The van der Waals surface area contributed by atoms with E-state index in [1.165, 1.54) is 37.0 Å². The van der Waals surface area contributed by atoms with Gasteiger partial charge in [0.25, 0.3) is 5.91 Å². The maximum Gasteiger partial charge on any atom is 0.270 e. The molecule has 3 N–H and O–H groups in total. The van der Waals surface area contributed by atoms with Gasteiger partial charge in [-0.15, -0.1) is 23.7 Å². The van der Waals surface area contributed by atoms with E-state index in [1.54, 1.807) is 5.38 Å². The Kier molecular flexibility index (Phi) is 5.88. The van der Waals surface area contributed by atoms with E-state index in [-0.39, 0.29) is 18.3 Å². The van der Waals surface area contributed by atoms with Crippen molar-refractivity contribution < 1.29 is 4.79 Å². The summed E-state index contributed by atoms with van der Waals surface area (Å²) in [7, 11) is 0. The second-order valence-electron chi connectivity index (χ2n) is 4.19. The Balaban J connectivity index is 0.00000144. The molecule has 0 aromatic carbocycles. The molecule has 1 fully saturated rings. The average Bonchev–Trinajstić information content (AvgIpc) is 2.96. The van der Waals surface area contributed by atoms with E-state index < -0.39 is 0 Å². The Labute approximate surface area is 111 Å². The minimum Gasteiger partial charge on any atom is -0.350 e. The smallest absolute Gasteiger partial charge is 0.270 e.